The molecule has 7 heteroatoms. The molecular weight excluding hydrogens is 328 g/mol. The van der Waals surface area contributed by atoms with E-state index in [0.29, 0.717) is 17.9 Å². The average molecular weight is 349 g/mol. The lowest BCUT2D eigenvalue weighted by Gasteiger charge is -2.12. The molecule has 3 rings (SSSR count). The highest BCUT2D eigenvalue weighted by atomic mass is 35.5. The second-order valence-electron chi connectivity index (χ2n) is 5.66. The Bertz CT molecular complexity index is 769. The molecule has 1 aromatic heterocycles. The van der Waals surface area contributed by atoms with Crippen molar-refractivity contribution in [3.8, 4) is 11.4 Å². The minimum Gasteiger partial charge on any atom is -0.325 e. The molecule has 3 N–H and O–H groups in total. The molecule has 1 unspecified atom stereocenters. The van der Waals surface area contributed by atoms with Gasteiger partial charge in [-0.15, -0.1) is 12.4 Å². The maximum atomic E-state index is 12.2. The molecule has 128 valence electrons. The van der Waals surface area contributed by atoms with Gasteiger partial charge in [-0.3, -0.25) is 9.59 Å². The number of benzene rings is 1. The Morgan fingerprint density at radius 2 is 2.21 bits per heavy atom. The zero-order valence-corrected chi connectivity index (χ0v) is 14.3. The number of aryl methyl sites for hydroxylation is 1. The summed E-state index contributed by atoms with van der Waals surface area (Å²) in [5.41, 5.74) is 2.05. The summed E-state index contributed by atoms with van der Waals surface area (Å²) >= 11 is 0. The van der Waals surface area contributed by atoms with E-state index in [1.807, 2.05) is 31.2 Å². The smallest absolute Gasteiger partial charge is 0.251 e. The van der Waals surface area contributed by atoms with Crippen molar-refractivity contribution >= 4 is 24.0 Å². The number of hydrogen-bond acceptors (Lipinski definition) is 4. The quantitative estimate of drug-likeness (QED) is 0.789. The van der Waals surface area contributed by atoms with Crippen LogP contribution in [-0.2, 0) is 11.2 Å². The van der Waals surface area contributed by atoms with Gasteiger partial charge in [0, 0.05) is 23.0 Å². The van der Waals surface area contributed by atoms with Crippen molar-refractivity contribution in [1.82, 2.24) is 15.3 Å². The lowest BCUT2D eigenvalue weighted by molar-refractivity contribution is -0.117. The van der Waals surface area contributed by atoms with Crippen LogP contribution in [0.1, 0.15) is 25.5 Å². The number of anilines is 1. The van der Waals surface area contributed by atoms with Crippen molar-refractivity contribution in [3.05, 3.63) is 46.4 Å². The highest BCUT2D eigenvalue weighted by Gasteiger charge is 2.21. The molecule has 24 heavy (non-hydrogen) atoms. The molecule has 1 aromatic carbocycles. The first-order valence-electron chi connectivity index (χ1n) is 7.90. The van der Waals surface area contributed by atoms with Crippen molar-refractivity contribution in [1.29, 1.82) is 0 Å². The summed E-state index contributed by atoms with van der Waals surface area (Å²) in [5, 5.41) is 6.09. The molecule has 2 heterocycles. The van der Waals surface area contributed by atoms with Crippen LogP contribution in [0, 0.1) is 0 Å². The van der Waals surface area contributed by atoms with E-state index >= 15 is 0 Å². The summed E-state index contributed by atoms with van der Waals surface area (Å²) in [5.74, 6) is 0.493. The molecule has 6 nitrogen and oxygen atoms in total. The van der Waals surface area contributed by atoms with Gasteiger partial charge in [0.05, 0.1) is 6.04 Å². The van der Waals surface area contributed by atoms with Crippen LogP contribution in [0.2, 0.25) is 0 Å². The number of rotatable bonds is 4. The molecular formula is C17H21ClN4O2. The largest absolute Gasteiger partial charge is 0.325 e. The second-order valence-corrected chi connectivity index (χ2v) is 5.66. The molecule has 0 radical (unpaired) electrons. The van der Waals surface area contributed by atoms with Crippen molar-refractivity contribution in [3.63, 3.8) is 0 Å². The molecule has 0 aliphatic carbocycles. The molecule has 1 aliphatic heterocycles. The molecule has 0 saturated carbocycles. The number of amides is 1. The minimum absolute atomic E-state index is 0. The Kier molecular flexibility index (Phi) is 6.11. The molecule has 1 fully saturated rings. The topological polar surface area (TPSA) is 86.9 Å². The van der Waals surface area contributed by atoms with Crippen molar-refractivity contribution < 1.29 is 4.79 Å². The molecule has 0 spiro atoms. The van der Waals surface area contributed by atoms with Gasteiger partial charge in [0.2, 0.25) is 5.91 Å². The summed E-state index contributed by atoms with van der Waals surface area (Å²) in [6.07, 6.45) is 2.58. The van der Waals surface area contributed by atoms with Crippen LogP contribution in [0.5, 0.6) is 0 Å². The van der Waals surface area contributed by atoms with Gasteiger partial charge in [-0.05, 0) is 37.9 Å². The number of carbonyl (C=O) groups excluding carboxylic acids is 1. The number of nitrogens with one attached hydrogen (secondary N) is 3. The van der Waals surface area contributed by atoms with Crippen LogP contribution in [0.4, 0.5) is 5.69 Å². The first-order chi connectivity index (χ1) is 11.2. The molecule has 1 aliphatic rings. The predicted octanol–water partition coefficient (Wildman–Crippen LogP) is 2.11. The van der Waals surface area contributed by atoms with Gasteiger partial charge in [-0.1, -0.05) is 19.1 Å². The second kappa shape index (κ2) is 8.08. The van der Waals surface area contributed by atoms with Crippen LogP contribution in [0.25, 0.3) is 11.4 Å². The average Bonchev–Trinajstić information content (AvgIpc) is 3.09. The number of nitrogens with zero attached hydrogens (tertiary/aromatic N) is 1. The number of H-pyrrole nitrogens is 1. The Hall–Kier alpha value is -2.18. The number of hydrogen-bond donors (Lipinski definition) is 3. The maximum Gasteiger partial charge on any atom is 0.251 e. The molecule has 1 saturated heterocycles. The van der Waals surface area contributed by atoms with E-state index in [2.05, 4.69) is 20.6 Å². The summed E-state index contributed by atoms with van der Waals surface area (Å²) in [6.45, 7) is 2.84. The van der Waals surface area contributed by atoms with Gasteiger partial charge in [0.1, 0.15) is 5.82 Å². The van der Waals surface area contributed by atoms with Gasteiger partial charge >= 0.3 is 0 Å². The summed E-state index contributed by atoms with van der Waals surface area (Å²) in [4.78, 5) is 31.1. The third kappa shape index (κ3) is 4.21. The van der Waals surface area contributed by atoms with Gasteiger partial charge in [0.15, 0.2) is 0 Å². The zero-order chi connectivity index (χ0) is 16.2. The number of halogens is 1. The van der Waals surface area contributed by atoms with Crippen LogP contribution < -0.4 is 16.2 Å². The molecule has 0 bridgehead atoms. The normalized spacial score (nSPS) is 16.5. The fraction of sp³-hybridized carbons (Fsp3) is 0.353. The Balaban J connectivity index is 0.00000208. The van der Waals surface area contributed by atoms with Crippen LogP contribution >= 0.6 is 12.4 Å². The SMILES string of the molecule is CCc1cc(=O)[nH]c(-c2cccc(NC(=O)C3CCCN3)c2)n1.Cl. The number of aromatic amines is 1. The van der Waals surface area contributed by atoms with Gasteiger partial charge in [-0.2, -0.15) is 0 Å². The van der Waals surface area contributed by atoms with E-state index < -0.39 is 0 Å². The van der Waals surface area contributed by atoms with Gasteiger partial charge in [-0.25, -0.2) is 4.98 Å². The predicted molar refractivity (Wildman–Crippen MR) is 96.6 cm³/mol. The Morgan fingerprint density at radius 3 is 2.92 bits per heavy atom. The lowest BCUT2D eigenvalue weighted by atomic mass is 10.1. The van der Waals surface area contributed by atoms with Crippen LogP contribution in [-0.4, -0.2) is 28.5 Å². The molecule has 1 atom stereocenters. The van der Waals surface area contributed by atoms with E-state index in [9.17, 15) is 9.59 Å². The standard InChI is InChI=1S/C17H20N4O2.ClH/c1-2-12-10-15(22)21-16(19-12)11-5-3-6-13(9-11)20-17(23)14-7-4-8-18-14;/h3,5-6,9-10,14,18H,2,4,7-8H2,1H3,(H,20,23)(H,19,21,22);1H. The minimum atomic E-state index is -0.170. The number of aromatic nitrogens is 2. The summed E-state index contributed by atoms with van der Waals surface area (Å²) in [7, 11) is 0. The third-order valence-corrected chi connectivity index (χ3v) is 3.94. The molecule has 2 aromatic rings. The first-order valence-corrected chi connectivity index (χ1v) is 7.90. The molecule has 1 amide bonds. The summed E-state index contributed by atoms with van der Waals surface area (Å²) < 4.78 is 0. The summed E-state index contributed by atoms with van der Waals surface area (Å²) in [6, 6.07) is 8.73. The van der Waals surface area contributed by atoms with E-state index in [4.69, 9.17) is 0 Å². The van der Waals surface area contributed by atoms with Crippen LogP contribution in [0.3, 0.4) is 0 Å². The first kappa shape index (κ1) is 18.2. The lowest BCUT2D eigenvalue weighted by Crippen LogP contribution is -2.35. The Morgan fingerprint density at radius 1 is 1.38 bits per heavy atom. The highest BCUT2D eigenvalue weighted by Crippen LogP contribution is 2.19. The van der Waals surface area contributed by atoms with Gasteiger partial charge in [0.25, 0.3) is 5.56 Å². The Labute approximate surface area is 146 Å². The maximum absolute atomic E-state index is 12.2. The van der Waals surface area contributed by atoms with Crippen molar-refractivity contribution in [2.24, 2.45) is 0 Å². The van der Waals surface area contributed by atoms with E-state index in [1.165, 1.54) is 6.07 Å². The fourth-order valence-corrected chi connectivity index (χ4v) is 2.71. The highest BCUT2D eigenvalue weighted by molar-refractivity contribution is 5.95. The van der Waals surface area contributed by atoms with Gasteiger partial charge < -0.3 is 15.6 Å². The van der Waals surface area contributed by atoms with Crippen molar-refractivity contribution in [2.45, 2.75) is 32.2 Å². The van der Waals surface area contributed by atoms with E-state index in [1.54, 1.807) is 0 Å². The third-order valence-electron chi connectivity index (χ3n) is 3.94. The monoisotopic (exact) mass is 348 g/mol. The fourth-order valence-electron chi connectivity index (χ4n) is 2.71. The van der Waals surface area contributed by atoms with E-state index in [-0.39, 0.29) is 29.9 Å². The van der Waals surface area contributed by atoms with Crippen LogP contribution in [0.15, 0.2) is 35.1 Å². The zero-order valence-electron chi connectivity index (χ0n) is 13.5. The van der Waals surface area contributed by atoms with Crippen molar-refractivity contribution in [2.75, 3.05) is 11.9 Å². The number of carbonyl (C=O) groups is 1. The van der Waals surface area contributed by atoms with E-state index in [0.717, 1.165) is 30.6 Å².